The van der Waals surface area contributed by atoms with E-state index in [1.807, 2.05) is 6.92 Å². The number of hydrogen-bond donors (Lipinski definition) is 2. The molecule has 1 aromatic heterocycles. The highest BCUT2D eigenvalue weighted by atomic mass is 16.4. The van der Waals surface area contributed by atoms with Crippen molar-refractivity contribution in [3.8, 4) is 5.75 Å². The van der Waals surface area contributed by atoms with Gasteiger partial charge in [0, 0.05) is 11.5 Å². The van der Waals surface area contributed by atoms with Crippen LogP contribution < -0.4 is 16.0 Å². The second kappa shape index (κ2) is 7.83. The molecule has 0 bridgehead atoms. The third-order valence-corrected chi connectivity index (χ3v) is 4.07. The summed E-state index contributed by atoms with van der Waals surface area (Å²) in [7, 11) is 0. The zero-order valence-corrected chi connectivity index (χ0v) is 14.1. The first-order valence-electron chi connectivity index (χ1n) is 8.09. The van der Waals surface area contributed by atoms with Crippen LogP contribution in [0.2, 0.25) is 0 Å². The molecule has 1 aromatic carbocycles. The van der Waals surface area contributed by atoms with E-state index in [1.165, 1.54) is 12.1 Å². The average Bonchev–Trinajstić information content (AvgIpc) is 2.54. The summed E-state index contributed by atoms with van der Waals surface area (Å²) in [5.41, 5.74) is 0.245. The Morgan fingerprint density at radius 2 is 2.08 bits per heavy atom. The van der Waals surface area contributed by atoms with Gasteiger partial charge in [0.2, 0.25) is 5.91 Å². The molecule has 0 unspecified atom stereocenters. The van der Waals surface area contributed by atoms with Gasteiger partial charge in [-0.25, -0.2) is 4.79 Å². The molecule has 1 heterocycles. The Morgan fingerprint density at radius 3 is 2.72 bits per heavy atom. The van der Waals surface area contributed by atoms with Gasteiger partial charge in [-0.05, 0) is 31.0 Å². The topological polar surface area (TPSA) is 120 Å². The molecule has 134 valence electrons. The second-order valence-electron chi connectivity index (χ2n) is 5.93. The Kier molecular flexibility index (Phi) is 5.80. The Bertz CT molecular complexity index is 855. The van der Waals surface area contributed by atoms with Crippen molar-refractivity contribution >= 4 is 22.8 Å². The van der Waals surface area contributed by atoms with Crippen LogP contribution >= 0.6 is 0 Å². The maximum absolute atomic E-state index is 12.2. The van der Waals surface area contributed by atoms with E-state index in [2.05, 4.69) is 5.32 Å². The van der Waals surface area contributed by atoms with Crippen molar-refractivity contribution in [1.82, 2.24) is 5.32 Å². The molecular weight excluding hydrogens is 326 g/mol. The molecule has 0 fully saturated rings. The lowest BCUT2D eigenvalue weighted by Gasteiger charge is -2.19. The number of phenols is 1. The molecule has 25 heavy (non-hydrogen) atoms. The molecule has 0 aliphatic carbocycles. The highest BCUT2D eigenvalue weighted by molar-refractivity contribution is 5.87. The predicted octanol–water partition coefficient (Wildman–Crippen LogP) is 0.774. The van der Waals surface area contributed by atoms with E-state index in [1.54, 1.807) is 13.0 Å². The average molecular weight is 346 g/mol. The quantitative estimate of drug-likeness (QED) is 0.715. The number of amides is 1. The monoisotopic (exact) mass is 346 g/mol. The van der Waals surface area contributed by atoms with Gasteiger partial charge >= 0.3 is 5.63 Å². The van der Waals surface area contributed by atoms with Gasteiger partial charge in [0.1, 0.15) is 11.3 Å². The van der Waals surface area contributed by atoms with Crippen LogP contribution in [0.5, 0.6) is 5.75 Å². The first-order valence-corrected chi connectivity index (χ1v) is 8.09. The van der Waals surface area contributed by atoms with Crippen LogP contribution in [0.1, 0.15) is 37.3 Å². The third-order valence-electron chi connectivity index (χ3n) is 4.07. The minimum absolute atomic E-state index is 0.0340. The molecule has 7 nitrogen and oxygen atoms in total. The normalized spacial score (nSPS) is 12.1. The van der Waals surface area contributed by atoms with Crippen molar-refractivity contribution in [3.63, 3.8) is 0 Å². The Hall–Kier alpha value is -2.83. The van der Waals surface area contributed by atoms with E-state index in [0.29, 0.717) is 17.4 Å². The Balaban J connectivity index is 2.24. The third kappa shape index (κ3) is 4.37. The molecule has 2 rings (SSSR count). The van der Waals surface area contributed by atoms with Crippen LogP contribution in [0.4, 0.5) is 0 Å². The van der Waals surface area contributed by atoms with E-state index in [0.717, 1.165) is 6.42 Å². The summed E-state index contributed by atoms with van der Waals surface area (Å²) >= 11 is 0. The number of benzene rings is 1. The first kappa shape index (κ1) is 18.5. The highest BCUT2D eigenvalue weighted by Crippen LogP contribution is 2.23. The van der Waals surface area contributed by atoms with Crippen LogP contribution in [0.25, 0.3) is 11.0 Å². The summed E-state index contributed by atoms with van der Waals surface area (Å²) in [4.78, 5) is 35.4. The number of carbonyl (C=O) groups is 2. The minimum atomic E-state index is -1.35. The summed E-state index contributed by atoms with van der Waals surface area (Å²) in [5.74, 6) is -1.97. The number of aromatic hydroxyl groups is 1. The van der Waals surface area contributed by atoms with E-state index in [-0.39, 0.29) is 29.7 Å². The molecular formula is C18H20NO6-. The molecule has 7 heteroatoms. The van der Waals surface area contributed by atoms with Gasteiger partial charge in [0.05, 0.1) is 24.0 Å². The molecule has 0 saturated heterocycles. The number of phenolic OH excluding ortho intramolecular Hbond substituents is 1. The molecule has 0 saturated carbocycles. The smallest absolute Gasteiger partial charge is 0.340 e. The second-order valence-corrected chi connectivity index (χ2v) is 5.93. The molecule has 1 atom stereocenters. The Morgan fingerprint density at radius 1 is 1.36 bits per heavy atom. The lowest BCUT2D eigenvalue weighted by Crippen LogP contribution is -2.48. The van der Waals surface area contributed by atoms with E-state index < -0.39 is 23.5 Å². The van der Waals surface area contributed by atoms with Crippen molar-refractivity contribution in [2.45, 2.75) is 45.6 Å². The van der Waals surface area contributed by atoms with Crippen molar-refractivity contribution in [2.24, 2.45) is 0 Å². The Labute approximate surface area is 144 Å². The molecule has 0 aliphatic rings. The molecule has 2 aromatic rings. The fourth-order valence-electron chi connectivity index (χ4n) is 2.65. The number of carbonyl (C=O) groups excluding carboxylic acids is 2. The van der Waals surface area contributed by atoms with E-state index in [4.69, 9.17) is 4.42 Å². The number of nitrogens with one attached hydrogen (secondary N) is 1. The summed E-state index contributed by atoms with van der Waals surface area (Å²) in [6, 6.07) is 3.29. The zero-order valence-electron chi connectivity index (χ0n) is 14.1. The number of hydrogen-bond acceptors (Lipinski definition) is 6. The van der Waals surface area contributed by atoms with Crippen LogP contribution in [0.3, 0.4) is 0 Å². The fourth-order valence-corrected chi connectivity index (χ4v) is 2.65. The maximum Gasteiger partial charge on any atom is 0.340 e. The number of unbranched alkanes of at least 4 members (excludes halogenated alkanes) is 1. The molecule has 0 radical (unpaired) electrons. The number of aryl methyl sites for hydroxylation is 1. The summed E-state index contributed by atoms with van der Waals surface area (Å²) in [6.45, 7) is 3.59. The summed E-state index contributed by atoms with van der Waals surface area (Å²) in [6.07, 6.45) is 1.41. The summed E-state index contributed by atoms with van der Waals surface area (Å²) in [5, 5.41) is 23.6. The lowest BCUT2D eigenvalue weighted by molar-refractivity contribution is -0.308. The van der Waals surface area contributed by atoms with Gasteiger partial charge in [-0.1, -0.05) is 19.8 Å². The number of carboxylic acid groups (broad SMARTS) is 1. The van der Waals surface area contributed by atoms with Crippen LogP contribution in [-0.2, 0) is 16.0 Å². The zero-order chi connectivity index (χ0) is 18.6. The van der Waals surface area contributed by atoms with Crippen molar-refractivity contribution in [1.29, 1.82) is 0 Å². The summed E-state index contributed by atoms with van der Waals surface area (Å²) < 4.78 is 5.15. The van der Waals surface area contributed by atoms with Gasteiger partial charge < -0.3 is 24.7 Å². The van der Waals surface area contributed by atoms with Crippen LogP contribution in [0.15, 0.2) is 27.4 Å². The molecule has 0 aliphatic heterocycles. The van der Waals surface area contributed by atoms with Gasteiger partial charge in [-0.2, -0.15) is 0 Å². The number of rotatable bonds is 7. The van der Waals surface area contributed by atoms with Crippen molar-refractivity contribution in [2.75, 3.05) is 0 Å². The van der Waals surface area contributed by atoms with E-state index >= 15 is 0 Å². The number of fused-ring (bicyclic) bond motifs is 1. The minimum Gasteiger partial charge on any atom is -0.548 e. The largest absolute Gasteiger partial charge is 0.548 e. The fraction of sp³-hybridized carbons (Fsp3) is 0.389. The van der Waals surface area contributed by atoms with Crippen molar-refractivity contribution < 1.29 is 24.2 Å². The predicted molar refractivity (Wildman–Crippen MR) is 89.1 cm³/mol. The molecule has 2 N–H and O–H groups in total. The van der Waals surface area contributed by atoms with Crippen LogP contribution in [-0.4, -0.2) is 23.0 Å². The SMILES string of the molecule is CCCC[C@H](NC(=O)Cc1c(C)c2ccc(O)cc2oc1=O)C(=O)[O-]. The lowest BCUT2D eigenvalue weighted by atomic mass is 10.0. The number of carboxylic acids is 1. The first-order chi connectivity index (χ1) is 11.8. The number of aliphatic carboxylic acids is 1. The maximum atomic E-state index is 12.2. The van der Waals surface area contributed by atoms with Gasteiger partial charge in [0.25, 0.3) is 0 Å². The standard InChI is InChI=1S/C18H21NO6/c1-3-4-5-14(17(22)23)19-16(21)9-13-10(2)12-7-6-11(20)8-15(12)25-18(13)24/h6-8,14,20H,3-5,9H2,1-2H3,(H,19,21)(H,22,23)/p-1/t14-/m0/s1. The van der Waals surface area contributed by atoms with Crippen LogP contribution in [0, 0.1) is 6.92 Å². The van der Waals surface area contributed by atoms with Gasteiger partial charge in [-0.3, -0.25) is 4.79 Å². The van der Waals surface area contributed by atoms with Crippen molar-refractivity contribution in [3.05, 3.63) is 39.7 Å². The molecule has 0 spiro atoms. The van der Waals surface area contributed by atoms with Gasteiger partial charge in [-0.15, -0.1) is 0 Å². The van der Waals surface area contributed by atoms with E-state index in [9.17, 15) is 24.6 Å². The molecule has 1 amide bonds. The van der Waals surface area contributed by atoms with Gasteiger partial charge in [0.15, 0.2) is 0 Å². The highest BCUT2D eigenvalue weighted by Gasteiger charge is 2.18.